The van der Waals surface area contributed by atoms with Crippen LogP contribution in [0.1, 0.15) is 52.4 Å². The third-order valence-corrected chi connectivity index (χ3v) is 3.12. The summed E-state index contributed by atoms with van der Waals surface area (Å²) in [5.74, 6) is 0.738. The average molecular weight is 205 g/mol. The molecule has 0 heterocycles. The van der Waals surface area contributed by atoms with Crippen LogP contribution in [0, 0.1) is 5.92 Å². The highest BCUT2D eigenvalue weighted by atomic mass is 14.6. The molecule has 1 nitrogen and oxygen atoms in total. The molecule has 1 saturated carbocycles. The van der Waals surface area contributed by atoms with Crippen molar-refractivity contribution in [2.45, 2.75) is 52.4 Å². The monoisotopic (exact) mass is 205 g/mol. The minimum Gasteiger partial charge on any atom is -0.272 e. The van der Waals surface area contributed by atoms with E-state index in [1.54, 1.807) is 0 Å². The van der Waals surface area contributed by atoms with E-state index in [-0.39, 0.29) is 0 Å². The second kappa shape index (κ2) is 6.60. The standard InChI is InChI=1S/C14H23N/c1-4-7-12(2)10-14(11-15-3)13-8-5-6-9-13/h10-11,13H,3-9H2,1-2H3/b12-10+,14-11-. The van der Waals surface area contributed by atoms with Gasteiger partial charge in [-0.3, -0.25) is 4.99 Å². The van der Waals surface area contributed by atoms with Crippen molar-refractivity contribution in [2.75, 3.05) is 0 Å². The molecular weight excluding hydrogens is 182 g/mol. The zero-order valence-corrected chi connectivity index (χ0v) is 10.1. The molecule has 1 heteroatoms. The van der Waals surface area contributed by atoms with Crippen molar-refractivity contribution in [1.82, 2.24) is 0 Å². The molecule has 0 aromatic heterocycles. The summed E-state index contributed by atoms with van der Waals surface area (Å²) in [5.41, 5.74) is 2.87. The van der Waals surface area contributed by atoms with Gasteiger partial charge in [0.1, 0.15) is 0 Å². The van der Waals surface area contributed by atoms with Gasteiger partial charge in [0, 0.05) is 6.20 Å². The lowest BCUT2D eigenvalue weighted by Crippen LogP contribution is -1.96. The largest absolute Gasteiger partial charge is 0.272 e. The fraction of sp³-hybridized carbons (Fsp3) is 0.643. The number of rotatable bonds is 5. The van der Waals surface area contributed by atoms with Crippen molar-refractivity contribution in [2.24, 2.45) is 10.9 Å². The normalized spacial score (nSPS) is 19.6. The van der Waals surface area contributed by atoms with E-state index in [9.17, 15) is 0 Å². The molecule has 0 saturated heterocycles. The van der Waals surface area contributed by atoms with Crippen LogP contribution in [0.25, 0.3) is 0 Å². The fourth-order valence-electron chi connectivity index (χ4n) is 2.38. The molecule has 1 aliphatic carbocycles. The molecule has 84 valence electrons. The quantitative estimate of drug-likeness (QED) is 0.462. The molecular formula is C14H23N. The molecule has 1 aliphatic rings. The minimum absolute atomic E-state index is 0.738. The van der Waals surface area contributed by atoms with Gasteiger partial charge in [-0.1, -0.05) is 37.8 Å². The average Bonchev–Trinajstić information content (AvgIpc) is 2.70. The van der Waals surface area contributed by atoms with Crippen LogP contribution < -0.4 is 0 Å². The molecule has 0 bridgehead atoms. The molecule has 0 aliphatic heterocycles. The first-order chi connectivity index (χ1) is 7.27. The highest BCUT2D eigenvalue weighted by Crippen LogP contribution is 2.32. The summed E-state index contributed by atoms with van der Waals surface area (Å²) in [6.07, 6.45) is 12.1. The number of aliphatic imine (C=N–C) groups is 1. The van der Waals surface area contributed by atoms with Crippen molar-refractivity contribution in [3.63, 3.8) is 0 Å². The lowest BCUT2D eigenvalue weighted by Gasteiger charge is -2.11. The van der Waals surface area contributed by atoms with E-state index in [2.05, 4.69) is 31.6 Å². The first kappa shape index (κ1) is 12.2. The molecule has 0 unspecified atom stereocenters. The van der Waals surface area contributed by atoms with Gasteiger partial charge in [0.15, 0.2) is 0 Å². The lowest BCUT2D eigenvalue weighted by atomic mass is 9.95. The smallest absolute Gasteiger partial charge is 0.0295 e. The first-order valence-corrected chi connectivity index (χ1v) is 6.11. The van der Waals surface area contributed by atoms with Gasteiger partial charge >= 0.3 is 0 Å². The highest BCUT2D eigenvalue weighted by Gasteiger charge is 2.17. The fourth-order valence-corrected chi connectivity index (χ4v) is 2.38. The van der Waals surface area contributed by atoms with Crippen LogP contribution in [-0.2, 0) is 0 Å². The summed E-state index contributed by atoms with van der Waals surface area (Å²) < 4.78 is 0. The minimum atomic E-state index is 0.738. The highest BCUT2D eigenvalue weighted by molar-refractivity contribution is 5.31. The third-order valence-electron chi connectivity index (χ3n) is 3.12. The predicted molar refractivity (Wildman–Crippen MR) is 68.3 cm³/mol. The Morgan fingerprint density at radius 1 is 1.40 bits per heavy atom. The Labute approximate surface area is 94.0 Å². The van der Waals surface area contributed by atoms with E-state index in [1.807, 2.05) is 6.20 Å². The Bertz CT molecular complexity index is 255. The van der Waals surface area contributed by atoms with Crippen molar-refractivity contribution >= 4 is 6.72 Å². The maximum Gasteiger partial charge on any atom is 0.0295 e. The number of allylic oxidation sites excluding steroid dienone is 3. The van der Waals surface area contributed by atoms with Gasteiger partial charge in [-0.15, -0.1) is 0 Å². The van der Waals surface area contributed by atoms with Gasteiger partial charge in [0.25, 0.3) is 0 Å². The van der Waals surface area contributed by atoms with E-state index >= 15 is 0 Å². The Morgan fingerprint density at radius 3 is 2.60 bits per heavy atom. The summed E-state index contributed by atoms with van der Waals surface area (Å²) in [6, 6.07) is 0. The molecule has 0 amide bonds. The predicted octanol–water partition coefficient (Wildman–Crippen LogP) is 4.51. The topological polar surface area (TPSA) is 12.4 Å². The van der Waals surface area contributed by atoms with Crippen LogP contribution in [0.3, 0.4) is 0 Å². The zero-order chi connectivity index (χ0) is 11.1. The molecule has 15 heavy (non-hydrogen) atoms. The van der Waals surface area contributed by atoms with Gasteiger partial charge in [-0.25, -0.2) is 0 Å². The second-order valence-electron chi connectivity index (χ2n) is 4.53. The third kappa shape index (κ3) is 4.03. The summed E-state index contributed by atoms with van der Waals surface area (Å²) in [5, 5.41) is 0. The van der Waals surface area contributed by atoms with E-state index in [0.717, 1.165) is 5.92 Å². The van der Waals surface area contributed by atoms with Crippen LogP contribution in [0.4, 0.5) is 0 Å². The van der Waals surface area contributed by atoms with Gasteiger partial charge in [-0.05, 0) is 44.4 Å². The Hall–Kier alpha value is -0.850. The maximum absolute atomic E-state index is 3.94. The van der Waals surface area contributed by atoms with Gasteiger partial charge in [-0.2, -0.15) is 0 Å². The summed E-state index contributed by atoms with van der Waals surface area (Å²) in [4.78, 5) is 3.94. The molecule has 0 aromatic rings. The Balaban J connectivity index is 2.69. The molecule has 0 spiro atoms. The Kier molecular flexibility index (Phi) is 5.38. The van der Waals surface area contributed by atoms with Gasteiger partial charge in [0.2, 0.25) is 0 Å². The maximum atomic E-state index is 3.94. The zero-order valence-electron chi connectivity index (χ0n) is 10.1. The van der Waals surface area contributed by atoms with Gasteiger partial charge in [0.05, 0.1) is 0 Å². The molecule has 1 rings (SSSR count). The van der Waals surface area contributed by atoms with E-state index in [4.69, 9.17) is 0 Å². The SMILES string of the molecule is C=N/C=C(/C=C(\C)CCC)C1CCCC1. The van der Waals surface area contributed by atoms with Crippen molar-refractivity contribution in [3.05, 3.63) is 23.4 Å². The molecule has 0 aromatic carbocycles. The van der Waals surface area contributed by atoms with Crippen LogP contribution in [-0.4, -0.2) is 6.72 Å². The molecule has 1 fully saturated rings. The second-order valence-corrected chi connectivity index (χ2v) is 4.53. The lowest BCUT2D eigenvalue weighted by molar-refractivity contribution is 0.654. The van der Waals surface area contributed by atoms with Crippen LogP contribution >= 0.6 is 0 Å². The summed E-state index contributed by atoms with van der Waals surface area (Å²) in [7, 11) is 0. The number of hydrogen-bond acceptors (Lipinski definition) is 1. The summed E-state index contributed by atoms with van der Waals surface area (Å²) in [6.45, 7) is 8.01. The molecule has 0 N–H and O–H groups in total. The van der Waals surface area contributed by atoms with Crippen molar-refractivity contribution in [3.8, 4) is 0 Å². The van der Waals surface area contributed by atoms with Crippen LogP contribution in [0.15, 0.2) is 28.4 Å². The van der Waals surface area contributed by atoms with Crippen molar-refractivity contribution < 1.29 is 0 Å². The van der Waals surface area contributed by atoms with Crippen molar-refractivity contribution in [1.29, 1.82) is 0 Å². The Morgan fingerprint density at radius 2 is 2.07 bits per heavy atom. The van der Waals surface area contributed by atoms with E-state index < -0.39 is 0 Å². The number of hydrogen-bond donors (Lipinski definition) is 0. The van der Waals surface area contributed by atoms with Crippen LogP contribution in [0.5, 0.6) is 0 Å². The van der Waals surface area contributed by atoms with Gasteiger partial charge < -0.3 is 0 Å². The first-order valence-electron chi connectivity index (χ1n) is 6.11. The molecule has 0 radical (unpaired) electrons. The van der Waals surface area contributed by atoms with Crippen LogP contribution in [0.2, 0.25) is 0 Å². The summed E-state index contributed by atoms with van der Waals surface area (Å²) >= 11 is 0. The van der Waals surface area contributed by atoms with E-state index in [0.29, 0.717) is 0 Å². The number of nitrogens with zero attached hydrogens (tertiary/aromatic N) is 1. The van der Waals surface area contributed by atoms with E-state index in [1.165, 1.54) is 49.7 Å². The molecule has 0 atom stereocenters.